The van der Waals surface area contributed by atoms with E-state index in [1.165, 1.54) is 17.2 Å². The lowest BCUT2D eigenvalue weighted by Crippen LogP contribution is -2.37. The molecule has 0 amide bonds. The minimum absolute atomic E-state index is 0.334. The normalized spacial score (nSPS) is 11.9. The van der Waals surface area contributed by atoms with Crippen molar-refractivity contribution in [3.63, 3.8) is 0 Å². The Labute approximate surface area is 181 Å². The number of rotatable bonds is 7. The Hall–Kier alpha value is -3.13. The number of likely N-dealkylation sites (N-methyl/N-ethyl adjacent to an activating group) is 1. The van der Waals surface area contributed by atoms with E-state index in [-0.39, 0.29) is 11.2 Å². The zero-order chi connectivity index (χ0) is 22.3. The van der Waals surface area contributed by atoms with E-state index in [1.54, 1.807) is 7.05 Å². The Kier molecular flexibility index (Phi) is 5.58. The lowest BCUT2D eigenvalue weighted by molar-refractivity contribution is 0.292. The average Bonchev–Trinajstić information content (AvgIpc) is 3.33. The van der Waals surface area contributed by atoms with E-state index in [9.17, 15) is 9.59 Å². The highest BCUT2D eigenvalue weighted by molar-refractivity contribution is 5.78. The van der Waals surface area contributed by atoms with Crippen molar-refractivity contribution in [1.82, 2.24) is 28.0 Å². The van der Waals surface area contributed by atoms with E-state index in [0.29, 0.717) is 16.9 Å². The quantitative estimate of drug-likeness (QED) is 0.458. The highest BCUT2D eigenvalue weighted by Crippen LogP contribution is 2.26. The molecule has 4 aromatic rings. The number of nitrogens with zero attached hydrogens (tertiary/aromatic N) is 6. The highest BCUT2D eigenvalue weighted by Gasteiger charge is 2.21. The summed E-state index contributed by atoms with van der Waals surface area (Å²) in [7, 11) is 3.16. The molecule has 31 heavy (non-hydrogen) atoms. The van der Waals surface area contributed by atoms with Gasteiger partial charge in [0.05, 0.1) is 5.69 Å². The second kappa shape index (κ2) is 8.19. The number of imidazole rings is 2. The first-order chi connectivity index (χ1) is 14.9. The van der Waals surface area contributed by atoms with Gasteiger partial charge in [-0.2, -0.15) is 4.98 Å². The van der Waals surface area contributed by atoms with Gasteiger partial charge in [-0.3, -0.25) is 18.3 Å². The summed E-state index contributed by atoms with van der Waals surface area (Å²) < 4.78 is 6.57. The summed E-state index contributed by atoms with van der Waals surface area (Å²) in [6, 6.07) is 8.52. The Morgan fingerprint density at radius 2 is 1.65 bits per heavy atom. The molecule has 8 heteroatoms. The van der Waals surface area contributed by atoms with Crippen LogP contribution < -0.4 is 11.2 Å². The fourth-order valence-electron chi connectivity index (χ4n) is 4.16. The van der Waals surface area contributed by atoms with E-state index in [1.807, 2.05) is 10.6 Å². The molecule has 1 aromatic carbocycles. The molecule has 164 valence electrons. The van der Waals surface area contributed by atoms with Crippen LogP contribution >= 0.6 is 0 Å². The fraction of sp³-hybridized carbons (Fsp3) is 0.435. The van der Waals surface area contributed by atoms with Crippen LogP contribution in [0, 0.1) is 0 Å². The molecule has 0 aliphatic rings. The molecule has 0 saturated carbocycles. The van der Waals surface area contributed by atoms with Crippen molar-refractivity contribution in [1.29, 1.82) is 0 Å². The minimum atomic E-state index is -0.372. The van der Waals surface area contributed by atoms with Crippen molar-refractivity contribution >= 4 is 16.9 Å². The van der Waals surface area contributed by atoms with E-state index in [4.69, 9.17) is 4.98 Å². The SMILES string of the molecule is CCc1ccc(-c2cn3c4c(=O)n(C)c(=O)n(C)c4nc3n2CCN(CC)CC)cc1. The van der Waals surface area contributed by atoms with Gasteiger partial charge in [-0.05, 0) is 30.6 Å². The van der Waals surface area contributed by atoms with Crippen molar-refractivity contribution in [2.75, 3.05) is 19.6 Å². The van der Waals surface area contributed by atoms with Crippen LogP contribution in [0.4, 0.5) is 0 Å². The monoisotopic (exact) mass is 422 g/mol. The van der Waals surface area contributed by atoms with E-state index in [2.05, 4.69) is 54.5 Å². The van der Waals surface area contributed by atoms with Gasteiger partial charge in [0.1, 0.15) is 0 Å². The third-order valence-electron chi connectivity index (χ3n) is 6.25. The molecule has 0 aliphatic carbocycles. The first-order valence-corrected chi connectivity index (χ1v) is 10.9. The van der Waals surface area contributed by atoms with Gasteiger partial charge < -0.3 is 9.47 Å². The van der Waals surface area contributed by atoms with Crippen LogP contribution in [0.5, 0.6) is 0 Å². The molecule has 0 radical (unpaired) electrons. The third kappa shape index (κ3) is 3.40. The van der Waals surface area contributed by atoms with Crippen molar-refractivity contribution in [2.24, 2.45) is 14.1 Å². The molecule has 0 unspecified atom stereocenters. The highest BCUT2D eigenvalue weighted by atomic mass is 16.2. The molecule has 0 aliphatic heterocycles. The molecular weight excluding hydrogens is 392 g/mol. The Bertz CT molecular complexity index is 1350. The van der Waals surface area contributed by atoms with Gasteiger partial charge in [-0.1, -0.05) is 45.0 Å². The second-order valence-corrected chi connectivity index (χ2v) is 7.90. The third-order valence-corrected chi connectivity index (χ3v) is 6.25. The molecular formula is C23H30N6O2. The van der Waals surface area contributed by atoms with Gasteiger partial charge in [-0.15, -0.1) is 0 Å². The molecule has 0 spiro atoms. The molecule has 0 N–H and O–H groups in total. The minimum Gasteiger partial charge on any atom is -0.308 e. The van der Waals surface area contributed by atoms with Gasteiger partial charge in [0.2, 0.25) is 5.78 Å². The van der Waals surface area contributed by atoms with Crippen LogP contribution in [-0.4, -0.2) is 47.6 Å². The summed E-state index contributed by atoms with van der Waals surface area (Å²) in [4.78, 5) is 32.4. The number of fused-ring (bicyclic) bond motifs is 3. The Morgan fingerprint density at radius 3 is 2.26 bits per heavy atom. The van der Waals surface area contributed by atoms with Gasteiger partial charge in [-0.25, -0.2) is 4.79 Å². The molecule has 0 atom stereocenters. The maximum absolute atomic E-state index is 12.9. The van der Waals surface area contributed by atoms with Crippen LogP contribution in [-0.2, 0) is 27.1 Å². The summed E-state index contributed by atoms with van der Waals surface area (Å²) in [6.45, 7) is 10.0. The van der Waals surface area contributed by atoms with E-state index < -0.39 is 0 Å². The van der Waals surface area contributed by atoms with Crippen molar-refractivity contribution in [2.45, 2.75) is 33.7 Å². The molecule has 4 rings (SSSR count). The summed E-state index contributed by atoms with van der Waals surface area (Å²) in [5.41, 5.74) is 3.50. The first kappa shape index (κ1) is 21.1. The number of aryl methyl sites for hydroxylation is 2. The van der Waals surface area contributed by atoms with Crippen LogP contribution in [0.1, 0.15) is 26.3 Å². The zero-order valence-corrected chi connectivity index (χ0v) is 18.9. The van der Waals surface area contributed by atoms with E-state index >= 15 is 0 Å². The summed E-state index contributed by atoms with van der Waals surface area (Å²) >= 11 is 0. The topological polar surface area (TPSA) is 69.5 Å². The van der Waals surface area contributed by atoms with Crippen LogP contribution in [0.2, 0.25) is 0 Å². The van der Waals surface area contributed by atoms with E-state index in [0.717, 1.165) is 48.4 Å². The maximum atomic E-state index is 12.9. The molecule has 0 fully saturated rings. The smallest absolute Gasteiger partial charge is 0.308 e. The number of hydrogen-bond acceptors (Lipinski definition) is 4. The molecule has 8 nitrogen and oxygen atoms in total. The second-order valence-electron chi connectivity index (χ2n) is 7.90. The van der Waals surface area contributed by atoms with Gasteiger partial charge >= 0.3 is 5.69 Å². The largest absolute Gasteiger partial charge is 0.332 e. The van der Waals surface area contributed by atoms with Crippen LogP contribution in [0.3, 0.4) is 0 Å². The molecule has 0 saturated heterocycles. The zero-order valence-electron chi connectivity index (χ0n) is 18.9. The lowest BCUT2D eigenvalue weighted by atomic mass is 10.1. The maximum Gasteiger partial charge on any atom is 0.332 e. The summed E-state index contributed by atoms with van der Waals surface area (Å²) in [6.07, 6.45) is 2.96. The number of hydrogen-bond donors (Lipinski definition) is 0. The van der Waals surface area contributed by atoms with Crippen LogP contribution in [0.25, 0.3) is 28.2 Å². The van der Waals surface area contributed by atoms with Gasteiger partial charge in [0, 0.05) is 33.4 Å². The lowest BCUT2D eigenvalue weighted by Gasteiger charge is -2.19. The average molecular weight is 423 g/mol. The Morgan fingerprint density at radius 1 is 0.968 bits per heavy atom. The fourth-order valence-corrected chi connectivity index (χ4v) is 4.16. The van der Waals surface area contributed by atoms with Crippen molar-refractivity contribution in [3.8, 4) is 11.3 Å². The van der Waals surface area contributed by atoms with Gasteiger partial charge in [0.15, 0.2) is 11.2 Å². The number of benzene rings is 1. The predicted octanol–water partition coefficient (Wildman–Crippen LogP) is 2.26. The molecule has 3 heterocycles. The standard InChI is InChI=1S/C23H30N6O2/c1-6-16-9-11-17(12-10-16)18-15-29-19-20(25(4)23(31)26(5)21(19)30)24-22(29)28(18)14-13-27(7-2)8-3/h9-12,15H,6-8,13-14H2,1-5H3. The van der Waals surface area contributed by atoms with Crippen LogP contribution in [0.15, 0.2) is 40.1 Å². The summed E-state index contributed by atoms with van der Waals surface area (Å²) in [5.74, 6) is 0.676. The molecule has 3 aromatic heterocycles. The van der Waals surface area contributed by atoms with Crippen molar-refractivity contribution < 1.29 is 0 Å². The number of aromatic nitrogens is 5. The first-order valence-electron chi connectivity index (χ1n) is 10.9. The Balaban J connectivity index is 1.98. The predicted molar refractivity (Wildman–Crippen MR) is 124 cm³/mol. The molecule has 0 bridgehead atoms. The van der Waals surface area contributed by atoms with Gasteiger partial charge in [0.25, 0.3) is 5.56 Å². The van der Waals surface area contributed by atoms with Crippen molar-refractivity contribution in [3.05, 3.63) is 56.9 Å². The summed E-state index contributed by atoms with van der Waals surface area (Å²) in [5, 5.41) is 0.